The number of morpholine rings is 1. The molecule has 0 bridgehead atoms. The molecule has 0 unspecified atom stereocenters. The number of hydrogen-bond acceptors (Lipinski definition) is 5. The number of hydrogen-bond donors (Lipinski definition) is 2. The van der Waals surface area contributed by atoms with Gasteiger partial charge < -0.3 is 20.3 Å². The predicted octanol–water partition coefficient (Wildman–Crippen LogP) is 3.34. The summed E-state index contributed by atoms with van der Waals surface area (Å²) < 4.78 is 5.36. The topological polar surface area (TPSA) is 73.9 Å². The molecule has 0 atom stereocenters. The summed E-state index contributed by atoms with van der Waals surface area (Å²) in [6, 6.07) is 12.7. The van der Waals surface area contributed by atoms with Crippen LogP contribution in [-0.4, -0.2) is 63.2 Å². The smallest absolute Gasteiger partial charge is 0.238 e. The second-order valence-corrected chi connectivity index (χ2v) is 7.83. The summed E-state index contributed by atoms with van der Waals surface area (Å²) >= 11 is 12.1. The van der Waals surface area contributed by atoms with Crippen LogP contribution in [0, 0.1) is 0 Å². The third kappa shape index (κ3) is 6.34. The van der Waals surface area contributed by atoms with Crippen LogP contribution in [0.25, 0.3) is 0 Å². The summed E-state index contributed by atoms with van der Waals surface area (Å²) in [6.07, 6.45) is 0. The van der Waals surface area contributed by atoms with Gasteiger partial charge in [0.2, 0.25) is 11.8 Å². The highest BCUT2D eigenvalue weighted by atomic mass is 35.5. The van der Waals surface area contributed by atoms with Crippen molar-refractivity contribution in [3.63, 3.8) is 0 Å². The van der Waals surface area contributed by atoms with Crippen molar-refractivity contribution in [2.45, 2.75) is 0 Å². The van der Waals surface area contributed by atoms with E-state index in [1.165, 1.54) is 0 Å². The molecule has 2 aromatic rings. The van der Waals surface area contributed by atoms with Crippen molar-refractivity contribution in [2.24, 2.45) is 0 Å². The normalized spacial score (nSPS) is 13.9. The van der Waals surface area contributed by atoms with Gasteiger partial charge in [0.15, 0.2) is 0 Å². The number of halogens is 2. The molecule has 30 heavy (non-hydrogen) atoms. The summed E-state index contributed by atoms with van der Waals surface area (Å²) in [4.78, 5) is 28.4. The minimum Gasteiger partial charge on any atom is -0.378 e. The first-order valence-electron chi connectivity index (χ1n) is 9.57. The molecule has 0 radical (unpaired) electrons. The Bertz CT molecular complexity index is 866. The number of anilines is 3. The first-order valence-corrected chi connectivity index (χ1v) is 10.3. The maximum Gasteiger partial charge on any atom is 0.238 e. The van der Waals surface area contributed by atoms with Gasteiger partial charge in [0.05, 0.1) is 42.0 Å². The van der Waals surface area contributed by atoms with Gasteiger partial charge in [-0.25, -0.2) is 0 Å². The highest BCUT2D eigenvalue weighted by Crippen LogP contribution is 2.29. The Morgan fingerprint density at radius 3 is 2.13 bits per heavy atom. The van der Waals surface area contributed by atoms with E-state index in [4.69, 9.17) is 27.9 Å². The highest BCUT2D eigenvalue weighted by Gasteiger charge is 2.15. The Kier molecular flexibility index (Phi) is 7.93. The number of para-hydroxylation sites is 1. The Labute approximate surface area is 185 Å². The molecule has 1 heterocycles. The van der Waals surface area contributed by atoms with Crippen molar-refractivity contribution in [3.8, 4) is 0 Å². The van der Waals surface area contributed by atoms with Crippen molar-refractivity contribution >= 4 is 52.1 Å². The second-order valence-electron chi connectivity index (χ2n) is 7.01. The average Bonchev–Trinajstić information content (AvgIpc) is 2.72. The summed E-state index contributed by atoms with van der Waals surface area (Å²) in [5.41, 5.74) is 2.17. The first kappa shape index (κ1) is 22.4. The molecule has 2 aromatic carbocycles. The molecule has 7 nitrogen and oxygen atoms in total. The summed E-state index contributed by atoms with van der Waals surface area (Å²) in [5.74, 6) is -0.518. The number of carbonyl (C=O) groups excluding carboxylic acids is 2. The molecule has 0 spiro atoms. The Hall–Kier alpha value is -2.32. The number of nitrogens with one attached hydrogen (secondary N) is 2. The van der Waals surface area contributed by atoms with Gasteiger partial charge in [0.1, 0.15) is 0 Å². The standard InChI is InChI=1S/C21H24Cl2N4O3/c1-26(14-20(29)25-21-17(22)3-2-4-18(21)23)13-19(28)24-15-5-7-16(8-6-15)27-9-11-30-12-10-27/h2-8H,9-14H2,1H3,(H,24,28)(H,25,29). The number of benzene rings is 2. The summed E-state index contributed by atoms with van der Waals surface area (Å²) in [6.45, 7) is 3.25. The highest BCUT2D eigenvalue weighted by molar-refractivity contribution is 6.39. The summed E-state index contributed by atoms with van der Waals surface area (Å²) in [5, 5.41) is 6.24. The van der Waals surface area contributed by atoms with E-state index < -0.39 is 0 Å². The van der Waals surface area contributed by atoms with Gasteiger partial charge in [-0.15, -0.1) is 0 Å². The molecule has 3 rings (SSSR count). The first-order chi connectivity index (χ1) is 14.4. The number of ether oxygens (including phenoxy) is 1. The third-order valence-corrected chi connectivity index (χ3v) is 5.21. The third-order valence-electron chi connectivity index (χ3n) is 4.58. The zero-order chi connectivity index (χ0) is 21.5. The Balaban J connectivity index is 1.46. The van der Waals surface area contributed by atoms with Crippen LogP contribution in [0.4, 0.5) is 17.1 Å². The van der Waals surface area contributed by atoms with Crippen LogP contribution in [0.1, 0.15) is 0 Å². The quantitative estimate of drug-likeness (QED) is 0.676. The fraction of sp³-hybridized carbons (Fsp3) is 0.333. The minimum absolute atomic E-state index is 0.0188. The van der Waals surface area contributed by atoms with Gasteiger partial charge in [0, 0.05) is 24.5 Å². The van der Waals surface area contributed by atoms with Crippen LogP contribution in [0.5, 0.6) is 0 Å². The van der Waals surface area contributed by atoms with E-state index in [1.54, 1.807) is 30.1 Å². The molecule has 0 saturated carbocycles. The average molecular weight is 451 g/mol. The molecule has 0 aliphatic carbocycles. The van der Waals surface area contributed by atoms with Crippen LogP contribution in [0.15, 0.2) is 42.5 Å². The van der Waals surface area contributed by atoms with Crippen molar-refractivity contribution in [3.05, 3.63) is 52.5 Å². The maximum atomic E-state index is 12.3. The predicted molar refractivity (Wildman–Crippen MR) is 121 cm³/mol. The molecule has 160 valence electrons. The van der Waals surface area contributed by atoms with Crippen molar-refractivity contribution in [2.75, 3.05) is 62.0 Å². The van der Waals surface area contributed by atoms with Crippen molar-refractivity contribution in [1.29, 1.82) is 0 Å². The van der Waals surface area contributed by atoms with Gasteiger partial charge in [-0.1, -0.05) is 29.3 Å². The lowest BCUT2D eigenvalue weighted by molar-refractivity contribution is -0.119. The van der Waals surface area contributed by atoms with E-state index in [0.717, 1.165) is 32.0 Å². The van der Waals surface area contributed by atoms with Crippen LogP contribution >= 0.6 is 23.2 Å². The minimum atomic E-state index is -0.310. The fourth-order valence-corrected chi connectivity index (χ4v) is 3.61. The zero-order valence-electron chi connectivity index (χ0n) is 16.7. The maximum absolute atomic E-state index is 12.3. The lowest BCUT2D eigenvalue weighted by Crippen LogP contribution is -2.36. The molecule has 2 N–H and O–H groups in total. The molecule has 0 aromatic heterocycles. The van der Waals surface area contributed by atoms with Gasteiger partial charge in [-0.05, 0) is 43.4 Å². The van der Waals surface area contributed by atoms with Crippen LogP contribution in [-0.2, 0) is 14.3 Å². The zero-order valence-corrected chi connectivity index (χ0v) is 18.2. The van der Waals surface area contributed by atoms with Crippen molar-refractivity contribution < 1.29 is 14.3 Å². The van der Waals surface area contributed by atoms with E-state index in [-0.39, 0.29) is 24.9 Å². The largest absolute Gasteiger partial charge is 0.378 e. The van der Waals surface area contributed by atoms with Crippen LogP contribution in [0.2, 0.25) is 10.0 Å². The Morgan fingerprint density at radius 2 is 1.53 bits per heavy atom. The monoisotopic (exact) mass is 450 g/mol. The van der Waals surface area contributed by atoms with Gasteiger partial charge in [-0.2, -0.15) is 0 Å². The van der Waals surface area contributed by atoms with E-state index in [9.17, 15) is 9.59 Å². The molecular weight excluding hydrogens is 427 g/mol. The van der Waals surface area contributed by atoms with E-state index in [1.807, 2.05) is 24.3 Å². The number of carbonyl (C=O) groups is 2. The number of likely N-dealkylation sites (N-methyl/N-ethyl adjacent to an activating group) is 1. The van der Waals surface area contributed by atoms with Gasteiger partial charge >= 0.3 is 0 Å². The van der Waals surface area contributed by atoms with Gasteiger partial charge in [-0.3, -0.25) is 14.5 Å². The van der Waals surface area contributed by atoms with Gasteiger partial charge in [0.25, 0.3) is 0 Å². The molecule has 1 saturated heterocycles. The van der Waals surface area contributed by atoms with E-state index >= 15 is 0 Å². The fourth-order valence-electron chi connectivity index (χ4n) is 3.12. The van der Waals surface area contributed by atoms with Crippen molar-refractivity contribution in [1.82, 2.24) is 4.90 Å². The van der Waals surface area contributed by atoms with E-state index in [2.05, 4.69) is 15.5 Å². The Morgan fingerprint density at radius 1 is 0.967 bits per heavy atom. The molecular formula is C21H24Cl2N4O3. The number of nitrogens with zero attached hydrogens (tertiary/aromatic N) is 2. The second kappa shape index (κ2) is 10.6. The number of rotatable bonds is 7. The summed E-state index contributed by atoms with van der Waals surface area (Å²) in [7, 11) is 1.69. The van der Waals surface area contributed by atoms with Crippen LogP contribution < -0.4 is 15.5 Å². The molecule has 9 heteroatoms. The molecule has 2 amide bonds. The lowest BCUT2D eigenvalue weighted by atomic mass is 10.2. The molecule has 1 aliphatic heterocycles. The SMILES string of the molecule is CN(CC(=O)Nc1ccc(N2CCOCC2)cc1)CC(=O)Nc1c(Cl)cccc1Cl. The molecule has 1 aliphatic rings. The van der Waals surface area contributed by atoms with Crippen LogP contribution in [0.3, 0.4) is 0 Å². The van der Waals surface area contributed by atoms with E-state index in [0.29, 0.717) is 21.4 Å². The number of amides is 2. The lowest BCUT2D eigenvalue weighted by Gasteiger charge is -2.28. The molecule has 1 fully saturated rings.